The second-order valence-electron chi connectivity index (χ2n) is 6.69. The highest BCUT2D eigenvalue weighted by molar-refractivity contribution is 5.95. The van der Waals surface area contributed by atoms with Crippen LogP contribution in [-0.2, 0) is 12.8 Å². The molecule has 26 heavy (non-hydrogen) atoms. The zero-order valence-corrected chi connectivity index (χ0v) is 14.6. The lowest BCUT2D eigenvalue weighted by Crippen LogP contribution is -2.44. The van der Waals surface area contributed by atoms with Crippen LogP contribution in [0.15, 0.2) is 45.6 Å². The van der Waals surface area contributed by atoms with E-state index in [4.69, 9.17) is 4.42 Å². The fourth-order valence-corrected chi connectivity index (χ4v) is 3.16. The number of carbonyl (C=O) groups excluding carboxylic acids is 1. The molecule has 2 heterocycles. The van der Waals surface area contributed by atoms with E-state index < -0.39 is 17.5 Å². The minimum absolute atomic E-state index is 0.0551. The van der Waals surface area contributed by atoms with Crippen molar-refractivity contribution in [1.29, 1.82) is 0 Å². The van der Waals surface area contributed by atoms with E-state index in [1.54, 1.807) is 13.0 Å². The third-order valence-electron chi connectivity index (χ3n) is 4.70. The second-order valence-corrected chi connectivity index (χ2v) is 6.69. The highest BCUT2D eigenvalue weighted by atomic mass is 19.3. The summed E-state index contributed by atoms with van der Waals surface area (Å²) in [5, 5.41) is 0. The van der Waals surface area contributed by atoms with Crippen molar-refractivity contribution in [3.63, 3.8) is 0 Å². The standard InChI is InChI=1S/C20H21F2NO3/c1-14-13-16(8-7-15-5-3-2-4-6-15)26-19(25)17(14)18(24)23-11-9-20(21,22)10-12-23/h2-6,13H,7-12H2,1H3. The number of amides is 1. The normalized spacial score (nSPS) is 16.5. The van der Waals surface area contributed by atoms with Gasteiger partial charge >= 0.3 is 5.63 Å². The third kappa shape index (κ3) is 4.18. The number of piperidine rings is 1. The van der Waals surface area contributed by atoms with Crippen LogP contribution in [0.2, 0.25) is 0 Å². The summed E-state index contributed by atoms with van der Waals surface area (Å²) >= 11 is 0. The van der Waals surface area contributed by atoms with E-state index in [9.17, 15) is 18.4 Å². The highest BCUT2D eigenvalue weighted by Crippen LogP contribution is 2.28. The maximum atomic E-state index is 13.3. The molecular formula is C20H21F2NO3. The summed E-state index contributed by atoms with van der Waals surface area (Å²) < 4.78 is 31.8. The van der Waals surface area contributed by atoms with Crippen molar-refractivity contribution in [3.8, 4) is 0 Å². The number of likely N-dealkylation sites (tertiary alicyclic amines) is 1. The third-order valence-corrected chi connectivity index (χ3v) is 4.70. The minimum atomic E-state index is -2.74. The van der Waals surface area contributed by atoms with Gasteiger partial charge in [0.15, 0.2) is 0 Å². The maximum Gasteiger partial charge on any atom is 0.349 e. The molecule has 1 aromatic carbocycles. The number of hydrogen-bond donors (Lipinski definition) is 0. The van der Waals surface area contributed by atoms with Crippen molar-refractivity contribution < 1.29 is 18.0 Å². The van der Waals surface area contributed by atoms with Crippen molar-refractivity contribution in [2.75, 3.05) is 13.1 Å². The molecule has 1 aliphatic heterocycles. The summed E-state index contributed by atoms with van der Waals surface area (Å²) in [5.74, 6) is -2.75. The predicted octanol–water partition coefficient (Wildman–Crippen LogP) is 3.60. The molecule has 1 aromatic heterocycles. The monoisotopic (exact) mass is 361 g/mol. The van der Waals surface area contributed by atoms with Crippen LogP contribution in [-0.4, -0.2) is 29.8 Å². The Labute approximate surface area is 150 Å². The van der Waals surface area contributed by atoms with Gasteiger partial charge in [0.1, 0.15) is 11.3 Å². The Hall–Kier alpha value is -2.50. The topological polar surface area (TPSA) is 50.5 Å². The molecule has 0 radical (unpaired) electrons. The van der Waals surface area contributed by atoms with E-state index in [0.717, 1.165) is 12.0 Å². The summed E-state index contributed by atoms with van der Waals surface area (Å²) in [6, 6.07) is 11.5. The first-order valence-corrected chi connectivity index (χ1v) is 8.70. The molecule has 1 amide bonds. The number of alkyl halides is 2. The first-order chi connectivity index (χ1) is 12.4. The molecule has 6 heteroatoms. The largest absolute Gasteiger partial charge is 0.427 e. The minimum Gasteiger partial charge on any atom is -0.427 e. The summed E-state index contributed by atoms with van der Waals surface area (Å²) in [6.45, 7) is 1.57. The SMILES string of the molecule is Cc1cc(CCc2ccccc2)oc(=O)c1C(=O)N1CCC(F)(F)CC1. The lowest BCUT2D eigenvalue weighted by atomic mass is 10.0. The Kier molecular flexibility index (Phi) is 5.20. The van der Waals surface area contributed by atoms with Gasteiger partial charge in [-0.15, -0.1) is 0 Å². The number of halogens is 2. The van der Waals surface area contributed by atoms with Crippen molar-refractivity contribution in [2.24, 2.45) is 0 Å². The lowest BCUT2D eigenvalue weighted by Gasteiger charge is -2.31. The molecule has 1 saturated heterocycles. The molecule has 0 bridgehead atoms. The van der Waals surface area contributed by atoms with Gasteiger partial charge in [0.2, 0.25) is 0 Å². The van der Waals surface area contributed by atoms with Crippen molar-refractivity contribution in [2.45, 2.75) is 38.5 Å². The van der Waals surface area contributed by atoms with E-state index in [-0.39, 0.29) is 31.5 Å². The van der Waals surface area contributed by atoms with Crippen LogP contribution in [0.4, 0.5) is 8.78 Å². The van der Waals surface area contributed by atoms with Crippen LogP contribution in [0.3, 0.4) is 0 Å². The Balaban J connectivity index is 1.73. The van der Waals surface area contributed by atoms with E-state index in [1.165, 1.54) is 4.90 Å². The fraction of sp³-hybridized carbons (Fsp3) is 0.400. The highest BCUT2D eigenvalue weighted by Gasteiger charge is 2.36. The van der Waals surface area contributed by atoms with E-state index in [0.29, 0.717) is 17.7 Å². The zero-order valence-electron chi connectivity index (χ0n) is 14.6. The maximum absolute atomic E-state index is 13.3. The molecule has 0 unspecified atom stereocenters. The van der Waals surface area contributed by atoms with E-state index >= 15 is 0 Å². The first kappa shape index (κ1) is 18.3. The van der Waals surface area contributed by atoms with Gasteiger partial charge in [-0.2, -0.15) is 0 Å². The van der Waals surface area contributed by atoms with Crippen LogP contribution in [0.5, 0.6) is 0 Å². The molecule has 4 nitrogen and oxygen atoms in total. The van der Waals surface area contributed by atoms with E-state index in [2.05, 4.69) is 0 Å². The average Bonchev–Trinajstić information content (AvgIpc) is 2.60. The van der Waals surface area contributed by atoms with Crippen molar-refractivity contribution in [1.82, 2.24) is 4.90 Å². The van der Waals surface area contributed by atoms with Gasteiger partial charge in [-0.1, -0.05) is 30.3 Å². The lowest BCUT2D eigenvalue weighted by molar-refractivity contribution is -0.0494. The predicted molar refractivity (Wildman–Crippen MR) is 93.6 cm³/mol. The molecule has 0 saturated carbocycles. The van der Waals surface area contributed by atoms with Crippen LogP contribution in [0.25, 0.3) is 0 Å². The second kappa shape index (κ2) is 7.40. The summed E-state index contributed by atoms with van der Waals surface area (Å²) in [4.78, 5) is 26.2. The zero-order chi connectivity index (χ0) is 18.7. The van der Waals surface area contributed by atoms with Crippen LogP contribution < -0.4 is 5.63 Å². The Morgan fingerprint density at radius 1 is 1.15 bits per heavy atom. The number of nitrogens with zero attached hydrogens (tertiary/aromatic N) is 1. The summed E-state index contributed by atoms with van der Waals surface area (Å²) in [6.07, 6.45) is 0.513. The molecule has 2 aromatic rings. The molecule has 0 spiro atoms. The Morgan fingerprint density at radius 3 is 2.42 bits per heavy atom. The van der Waals surface area contributed by atoms with Crippen LogP contribution >= 0.6 is 0 Å². The number of benzene rings is 1. The van der Waals surface area contributed by atoms with Gasteiger partial charge in [-0.3, -0.25) is 4.79 Å². The van der Waals surface area contributed by atoms with Gasteiger partial charge in [0.25, 0.3) is 11.8 Å². The number of hydrogen-bond acceptors (Lipinski definition) is 3. The van der Waals surface area contributed by atoms with E-state index in [1.807, 2.05) is 30.3 Å². The van der Waals surface area contributed by atoms with Gasteiger partial charge in [-0.05, 0) is 30.5 Å². The smallest absolute Gasteiger partial charge is 0.349 e. The van der Waals surface area contributed by atoms with Crippen LogP contribution in [0, 0.1) is 6.92 Å². The molecule has 138 valence electrons. The number of carbonyl (C=O) groups is 1. The first-order valence-electron chi connectivity index (χ1n) is 8.70. The van der Waals surface area contributed by atoms with Gasteiger partial charge in [0, 0.05) is 32.4 Å². The van der Waals surface area contributed by atoms with Gasteiger partial charge < -0.3 is 9.32 Å². The molecule has 1 aliphatic rings. The fourth-order valence-electron chi connectivity index (χ4n) is 3.16. The number of rotatable bonds is 4. The summed E-state index contributed by atoms with van der Waals surface area (Å²) in [7, 11) is 0. The molecule has 1 fully saturated rings. The van der Waals surface area contributed by atoms with Crippen molar-refractivity contribution >= 4 is 5.91 Å². The molecule has 0 aliphatic carbocycles. The Bertz CT molecular complexity index is 836. The van der Waals surface area contributed by atoms with Crippen molar-refractivity contribution in [3.05, 3.63) is 69.3 Å². The molecular weight excluding hydrogens is 340 g/mol. The van der Waals surface area contributed by atoms with Gasteiger partial charge in [0.05, 0.1) is 0 Å². The summed E-state index contributed by atoms with van der Waals surface area (Å²) in [5.41, 5.74) is 0.892. The molecule has 0 N–H and O–H groups in total. The Morgan fingerprint density at radius 2 is 1.81 bits per heavy atom. The average molecular weight is 361 g/mol. The quantitative estimate of drug-likeness (QED) is 0.836. The van der Waals surface area contributed by atoms with Crippen LogP contribution in [0.1, 0.15) is 40.1 Å². The molecule has 0 atom stereocenters. The number of aryl methyl sites for hydroxylation is 3. The molecule has 3 rings (SSSR count). The van der Waals surface area contributed by atoms with Gasteiger partial charge in [-0.25, -0.2) is 13.6 Å².